The van der Waals surface area contributed by atoms with E-state index in [1.807, 2.05) is 13.0 Å². The minimum Gasteiger partial charge on any atom is -0.289 e. The molecule has 4 nitrogen and oxygen atoms in total. The molecular formula is C22H26O4S. The van der Waals surface area contributed by atoms with Gasteiger partial charge >= 0.3 is 0 Å². The van der Waals surface area contributed by atoms with Crippen LogP contribution in [0.5, 0.6) is 0 Å². The highest BCUT2D eigenvalue weighted by molar-refractivity contribution is 7.85. The van der Waals surface area contributed by atoms with E-state index in [4.69, 9.17) is 4.55 Å². The first-order chi connectivity index (χ1) is 12.3. The number of rotatable bonds is 3. The molecule has 0 bridgehead atoms. The molecule has 0 radical (unpaired) electrons. The zero-order valence-electron chi connectivity index (χ0n) is 16.5. The smallest absolute Gasteiger partial charge is 0.289 e. The van der Waals surface area contributed by atoms with Gasteiger partial charge in [0, 0.05) is 11.1 Å². The van der Waals surface area contributed by atoms with Crippen molar-refractivity contribution in [2.24, 2.45) is 0 Å². The van der Waals surface area contributed by atoms with Crippen LogP contribution in [0.4, 0.5) is 0 Å². The number of hydrogen-bond donors (Lipinski definition) is 1. The minimum atomic E-state index is -4.27. The Hall–Kier alpha value is -1.98. The lowest BCUT2D eigenvalue weighted by molar-refractivity contribution is 0.103. The maximum Gasteiger partial charge on any atom is 0.294 e. The monoisotopic (exact) mass is 386 g/mol. The fourth-order valence-corrected chi connectivity index (χ4v) is 4.38. The van der Waals surface area contributed by atoms with Gasteiger partial charge < -0.3 is 0 Å². The van der Waals surface area contributed by atoms with Crippen LogP contribution in [0, 0.1) is 6.92 Å². The van der Waals surface area contributed by atoms with Crippen LogP contribution in [0.1, 0.15) is 73.1 Å². The molecule has 144 valence electrons. The van der Waals surface area contributed by atoms with Crippen molar-refractivity contribution in [1.29, 1.82) is 0 Å². The Labute approximate surface area is 161 Å². The number of hydrogen-bond acceptors (Lipinski definition) is 3. The zero-order valence-corrected chi connectivity index (χ0v) is 17.3. The molecule has 27 heavy (non-hydrogen) atoms. The molecular weight excluding hydrogens is 360 g/mol. The Balaban J connectivity index is 2.09. The normalized spacial score (nSPS) is 18.0. The molecule has 0 aromatic heterocycles. The molecule has 3 rings (SSSR count). The van der Waals surface area contributed by atoms with E-state index in [-0.39, 0.29) is 21.5 Å². The van der Waals surface area contributed by atoms with Crippen LogP contribution in [0.25, 0.3) is 0 Å². The van der Waals surface area contributed by atoms with Gasteiger partial charge in [-0.2, -0.15) is 8.42 Å². The lowest BCUT2D eigenvalue weighted by Crippen LogP contribution is -2.34. The molecule has 0 aliphatic heterocycles. The van der Waals surface area contributed by atoms with E-state index in [1.54, 1.807) is 0 Å². The van der Waals surface area contributed by atoms with E-state index in [0.717, 1.165) is 18.4 Å². The molecule has 2 aromatic rings. The van der Waals surface area contributed by atoms with E-state index < -0.39 is 10.1 Å². The van der Waals surface area contributed by atoms with Gasteiger partial charge in [0.25, 0.3) is 10.1 Å². The topological polar surface area (TPSA) is 71.4 Å². The Kier molecular flexibility index (Phi) is 4.60. The highest BCUT2D eigenvalue weighted by Gasteiger charge is 2.37. The highest BCUT2D eigenvalue weighted by atomic mass is 32.2. The third-order valence-corrected chi connectivity index (χ3v) is 6.72. The van der Waals surface area contributed by atoms with E-state index >= 15 is 0 Å². The summed E-state index contributed by atoms with van der Waals surface area (Å²) in [5.41, 5.74) is 4.55. The maximum absolute atomic E-state index is 13.1. The molecule has 0 unspecified atom stereocenters. The van der Waals surface area contributed by atoms with Crippen LogP contribution in [-0.4, -0.2) is 18.8 Å². The Morgan fingerprint density at radius 3 is 1.89 bits per heavy atom. The van der Waals surface area contributed by atoms with Crippen molar-refractivity contribution in [2.45, 2.75) is 63.2 Å². The summed E-state index contributed by atoms with van der Waals surface area (Å²) in [7, 11) is -4.27. The Bertz CT molecular complexity index is 1010. The number of ketones is 1. The second-order valence-electron chi connectivity index (χ2n) is 8.81. The molecule has 0 spiro atoms. The lowest BCUT2D eigenvalue weighted by Gasteiger charge is -2.42. The van der Waals surface area contributed by atoms with E-state index in [2.05, 4.69) is 33.8 Å². The summed E-state index contributed by atoms with van der Waals surface area (Å²) in [6.45, 7) is 10.9. The van der Waals surface area contributed by atoms with Crippen LogP contribution >= 0.6 is 0 Å². The summed E-state index contributed by atoms with van der Waals surface area (Å²) in [5, 5.41) is 0. The molecule has 0 saturated heterocycles. The van der Waals surface area contributed by atoms with Gasteiger partial charge in [0.15, 0.2) is 5.78 Å². The van der Waals surface area contributed by atoms with Gasteiger partial charge in [0.05, 0.1) is 4.90 Å². The molecule has 1 N–H and O–H groups in total. The van der Waals surface area contributed by atoms with Gasteiger partial charge in [-0.3, -0.25) is 9.35 Å². The number of carbonyl (C=O) groups excluding carboxylic acids is 1. The van der Waals surface area contributed by atoms with Crippen LogP contribution in [-0.2, 0) is 20.9 Å². The third-order valence-electron chi connectivity index (χ3n) is 5.86. The van der Waals surface area contributed by atoms with Crippen molar-refractivity contribution in [3.63, 3.8) is 0 Å². The number of fused-ring (bicyclic) bond motifs is 1. The van der Waals surface area contributed by atoms with Crippen LogP contribution < -0.4 is 0 Å². The molecule has 0 amide bonds. The van der Waals surface area contributed by atoms with Crippen molar-refractivity contribution in [2.75, 3.05) is 0 Å². The van der Waals surface area contributed by atoms with Gasteiger partial charge in [-0.1, -0.05) is 33.8 Å². The molecule has 0 saturated carbocycles. The summed E-state index contributed by atoms with van der Waals surface area (Å²) in [4.78, 5) is 12.9. The van der Waals surface area contributed by atoms with E-state index in [9.17, 15) is 13.2 Å². The lowest BCUT2D eigenvalue weighted by atomic mass is 9.62. The molecule has 2 aromatic carbocycles. The quantitative estimate of drug-likeness (QED) is 0.606. The van der Waals surface area contributed by atoms with E-state index in [0.29, 0.717) is 11.1 Å². The average Bonchev–Trinajstić information content (AvgIpc) is 2.57. The molecule has 0 atom stereocenters. The molecule has 1 aliphatic carbocycles. The predicted molar refractivity (Wildman–Crippen MR) is 106 cm³/mol. The Morgan fingerprint density at radius 1 is 0.926 bits per heavy atom. The van der Waals surface area contributed by atoms with Crippen molar-refractivity contribution in [3.05, 3.63) is 64.2 Å². The molecule has 0 fully saturated rings. The van der Waals surface area contributed by atoms with E-state index in [1.165, 1.54) is 35.4 Å². The number of aryl methyl sites for hydroxylation is 1. The molecule has 5 heteroatoms. The van der Waals surface area contributed by atoms with Gasteiger partial charge in [-0.25, -0.2) is 0 Å². The Morgan fingerprint density at radius 2 is 1.41 bits per heavy atom. The van der Waals surface area contributed by atoms with Gasteiger partial charge in [0.1, 0.15) is 0 Å². The van der Waals surface area contributed by atoms with Crippen LogP contribution in [0.2, 0.25) is 0 Å². The zero-order chi connectivity index (χ0) is 20.2. The summed E-state index contributed by atoms with van der Waals surface area (Å²) in [6, 6.07) is 9.55. The van der Waals surface area contributed by atoms with Crippen molar-refractivity contribution in [3.8, 4) is 0 Å². The highest BCUT2D eigenvalue weighted by Crippen LogP contribution is 2.46. The standard InChI is InChI=1S/C22H26O4S/c1-14-12-18-19(22(4,5)11-10-21(18,2)3)13-17(14)20(23)15-6-8-16(9-7-15)27(24,25)26/h6-9,12-13H,10-11H2,1-5H3,(H,24,25,26). The van der Waals surface area contributed by atoms with Crippen molar-refractivity contribution < 1.29 is 17.8 Å². The summed E-state index contributed by atoms with van der Waals surface area (Å²) >= 11 is 0. The first-order valence-corrected chi connectivity index (χ1v) is 10.5. The second-order valence-corrected chi connectivity index (χ2v) is 10.2. The summed E-state index contributed by atoms with van der Waals surface area (Å²) in [5.74, 6) is -0.142. The first kappa shape index (κ1) is 19.8. The number of benzene rings is 2. The second kappa shape index (κ2) is 6.28. The van der Waals surface area contributed by atoms with Gasteiger partial charge in [-0.15, -0.1) is 0 Å². The summed E-state index contributed by atoms with van der Waals surface area (Å²) < 4.78 is 31.5. The summed E-state index contributed by atoms with van der Waals surface area (Å²) in [6.07, 6.45) is 2.17. The fraction of sp³-hybridized carbons (Fsp3) is 0.409. The predicted octanol–water partition coefficient (Wildman–Crippen LogP) is 4.82. The van der Waals surface area contributed by atoms with Crippen LogP contribution in [0.3, 0.4) is 0 Å². The van der Waals surface area contributed by atoms with Gasteiger partial charge in [0.2, 0.25) is 0 Å². The molecule has 1 aliphatic rings. The van der Waals surface area contributed by atoms with Gasteiger partial charge in [-0.05, 0) is 77.6 Å². The third kappa shape index (κ3) is 3.58. The van der Waals surface area contributed by atoms with Crippen LogP contribution in [0.15, 0.2) is 41.3 Å². The molecule has 0 heterocycles. The maximum atomic E-state index is 13.1. The average molecular weight is 387 g/mol. The number of carbonyl (C=O) groups is 1. The SMILES string of the molecule is Cc1cc2c(cc1C(=O)c1ccc(S(=O)(=O)O)cc1)C(C)(C)CCC2(C)C. The first-order valence-electron chi connectivity index (χ1n) is 9.11. The minimum absolute atomic E-state index is 0.00239. The van der Waals surface area contributed by atoms with Crippen molar-refractivity contribution in [1.82, 2.24) is 0 Å². The van der Waals surface area contributed by atoms with Crippen molar-refractivity contribution >= 4 is 15.9 Å². The fourth-order valence-electron chi connectivity index (χ4n) is 3.90. The largest absolute Gasteiger partial charge is 0.294 e.